The van der Waals surface area contributed by atoms with Crippen molar-refractivity contribution < 1.29 is 14.7 Å². The maximum absolute atomic E-state index is 11.8. The molecule has 3 N–H and O–H groups in total. The number of aryl methyl sites for hydroxylation is 1. The molecule has 0 spiro atoms. The number of carboxylic acids is 1. The monoisotopic (exact) mass is 276 g/mol. The third kappa shape index (κ3) is 3.50. The number of anilines is 1. The van der Waals surface area contributed by atoms with E-state index in [0.717, 1.165) is 24.8 Å². The summed E-state index contributed by atoms with van der Waals surface area (Å²) in [4.78, 5) is 22.7. The molecule has 2 amide bonds. The lowest BCUT2D eigenvalue weighted by Crippen LogP contribution is -2.31. The summed E-state index contributed by atoms with van der Waals surface area (Å²) in [6, 6.07) is 4.72. The normalized spacial score (nSPS) is 20.3. The summed E-state index contributed by atoms with van der Waals surface area (Å²) in [7, 11) is 0. The van der Waals surface area contributed by atoms with Crippen LogP contribution in [0.25, 0.3) is 0 Å². The summed E-state index contributed by atoms with van der Waals surface area (Å²) in [5, 5.41) is 14.6. The fourth-order valence-electron chi connectivity index (χ4n) is 2.38. The standard InChI is InChI=1S/C15H20N2O3/c1-3-4-10-8-13(10)17-15(20)16-12-6-5-11(14(18)19)7-9(12)2/h5-7,10,13H,3-4,8H2,1-2H3,(H,18,19)(H2,16,17,20). The molecule has 2 atom stereocenters. The molecule has 1 aromatic carbocycles. The minimum Gasteiger partial charge on any atom is -0.478 e. The molecular weight excluding hydrogens is 256 g/mol. The van der Waals surface area contributed by atoms with Crippen molar-refractivity contribution in [3.8, 4) is 0 Å². The molecule has 5 heteroatoms. The van der Waals surface area contributed by atoms with Crippen LogP contribution in [0.1, 0.15) is 42.1 Å². The lowest BCUT2D eigenvalue weighted by molar-refractivity contribution is 0.0697. The van der Waals surface area contributed by atoms with Gasteiger partial charge in [0.25, 0.3) is 0 Å². The number of hydrogen-bond acceptors (Lipinski definition) is 2. The average Bonchev–Trinajstić information content (AvgIpc) is 3.10. The number of urea groups is 1. The number of hydrogen-bond donors (Lipinski definition) is 3. The minimum atomic E-state index is -0.968. The third-order valence-electron chi connectivity index (χ3n) is 3.62. The number of nitrogens with one attached hydrogen (secondary N) is 2. The van der Waals surface area contributed by atoms with Crippen LogP contribution in [0, 0.1) is 12.8 Å². The van der Waals surface area contributed by atoms with E-state index < -0.39 is 5.97 Å². The van der Waals surface area contributed by atoms with Gasteiger partial charge in [-0.15, -0.1) is 0 Å². The van der Waals surface area contributed by atoms with Gasteiger partial charge in [-0.25, -0.2) is 9.59 Å². The first-order valence-electron chi connectivity index (χ1n) is 6.92. The van der Waals surface area contributed by atoms with E-state index in [9.17, 15) is 9.59 Å². The van der Waals surface area contributed by atoms with Crippen molar-refractivity contribution in [2.24, 2.45) is 5.92 Å². The summed E-state index contributed by atoms with van der Waals surface area (Å²) < 4.78 is 0. The van der Waals surface area contributed by atoms with E-state index in [1.807, 2.05) is 0 Å². The van der Waals surface area contributed by atoms with Crippen LogP contribution in [-0.4, -0.2) is 23.1 Å². The molecule has 5 nitrogen and oxygen atoms in total. The van der Waals surface area contributed by atoms with E-state index >= 15 is 0 Å². The van der Waals surface area contributed by atoms with Gasteiger partial charge in [0.15, 0.2) is 0 Å². The third-order valence-corrected chi connectivity index (χ3v) is 3.62. The Labute approximate surface area is 118 Å². The van der Waals surface area contributed by atoms with E-state index in [2.05, 4.69) is 17.6 Å². The van der Waals surface area contributed by atoms with Gasteiger partial charge in [-0.05, 0) is 49.4 Å². The molecule has 1 saturated carbocycles. The van der Waals surface area contributed by atoms with Crippen LogP contribution >= 0.6 is 0 Å². The van der Waals surface area contributed by atoms with Gasteiger partial charge in [0, 0.05) is 11.7 Å². The minimum absolute atomic E-state index is 0.221. The zero-order valence-corrected chi connectivity index (χ0v) is 11.8. The molecular formula is C15H20N2O3. The number of rotatable bonds is 5. The number of benzene rings is 1. The average molecular weight is 276 g/mol. The Morgan fingerprint density at radius 3 is 2.75 bits per heavy atom. The predicted molar refractivity (Wildman–Crippen MR) is 77.1 cm³/mol. The van der Waals surface area contributed by atoms with Crippen molar-refractivity contribution in [1.82, 2.24) is 5.32 Å². The molecule has 0 heterocycles. The van der Waals surface area contributed by atoms with Gasteiger partial charge in [0.2, 0.25) is 0 Å². The van der Waals surface area contributed by atoms with Crippen molar-refractivity contribution in [3.63, 3.8) is 0 Å². The van der Waals surface area contributed by atoms with E-state index in [0.29, 0.717) is 11.6 Å². The first kappa shape index (κ1) is 14.4. The Bertz CT molecular complexity index is 528. The van der Waals surface area contributed by atoms with Gasteiger partial charge in [0.05, 0.1) is 5.56 Å². The Morgan fingerprint density at radius 2 is 2.15 bits per heavy atom. The summed E-state index contributed by atoms with van der Waals surface area (Å²) in [5.41, 5.74) is 1.60. The number of carboxylic acid groups (broad SMARTS) is 1. The van der Waals surface area contributed by atoms with Crippen molar-refractivity contribution in [1.29, 1.82) is 0 Å². The lowest BCUT2D eigenvalue weighted by Gasteiger charge is -2.10. The molecule has 108 valence electrons. The van der Waals surface area contributed by atoms with Crippen LogP contribution in [0.2, 0.25) is 0 Å². The highest BCUT2D eigenvalue weighted by Gasteiger charge is 2.37. The Hall–Kier alpha value is -2.04. The van der Waals surface area contributed by atoms with Gasteiger partial charge >= 0.3 is 12.0 Å². The van der Waals surface area contributed by atoms with E-state index in [1.165, 1.54) is 6.07 Å². The summed E-state index contributed by atoms with van der Waals surface area (Å²) in [6.45, 7) is 3.92. The van der Waals surface area contributed by atoms with E-state index in [4.69, 9.17) is 5.11 Å². The summed E-state index contributed by atoms with van der Waals surface area (Å²) in [6.07, 6.45) is 3.34. The fourth-order valence-corrected chi connectivity index (χ4v) is 2.38. The highest BCUT2D eigenvalue weighted by molar-refractivity contribution is 5.92. The summed E-state index contributed by atoms with van der Waals surface area (Å²) in [5.74, 6) is -0.356. The highest BCUT2D eigenvalue weighted by atomic mass is 16.4. The van der Waals surface area contributed by atoms with Crippen molar-refractivity contribution in [2.45, 2.75) is 39.2 Å². The number of carbonyl (C=O) groups is 2. The molecule has 1 aliphatic carbocycles. The second-order valence-corrected chi connectivity index (χ2v) is 5.32. The summed E-state index contributed by atoms with van der Waals surface area (Å²) >= 11 is 0. The number of amides is 2. The van der Waals surface area contributed by atoms with Crippen LogP contribution in [0.15, 0.2) is 18.2 Å². The number of carbonyl (C=O) groups excluding carboxylic acids is 1. The lowest BCUT2D eigenvalue weighted by atomic mass is 10.1. The maximum Gasteiger partial charge on any atom is 0.335 e. The zero-order chi connectivity index (χ0) is 14.7. The molecule has 0 aromatic heterocycles. The predicted octanol–water partition coefficient (Wildman–Crippen LogP) is 3.00. The van der Waals surface area contributed by atoms with Crippen LogP contribution in [-0.2, 0) is 0 Å². The van der Waals surface area contributed by atoms with Crippen molar-refractivity contribution >= 4 is 17.7 Å². The molecule has 0 radical (unpaired) electrons. The fraction of sp³-hybridized carbons (Fsp3) is 0.467. The van der Waals surface area contributed by atoms with E-state index in [-0.39, 0.29) is 17.6 Å². The van der Waals surface area contributed by atoms with Gasteiger partial charge in [-0.2, -0.15) is 0 Å². The van der Waals surface area contributed by atoms with Crippen LogP contribution < -0.4 is 10.6 Å². The second kappa shape index (κ2) is 5.94. The molecule has 2 unspecified atom stereocenters. The topological polar surface area (TPSA) is 78.4 Å². The Kier molecular flexibility index (Phi) is 4.27. The number of aromatic carboxylic acids is 1. The second-order valence-electron chi connectivity index (χ2n) is 5.32. The quantitative estimate of drug-likeness (QED) is 0.773. The first-order valence-corrected chi connectivity index (χ1v) is 6.92. The smallest absolute Gasteiger partial charge is 0.335 e. The van der Waals surface area contributed by atoms with Crippen LogP contribution in [0.3, 0.4) is 0 Å². The Morgan fingerprint density at radius 1 is 1.40 bits per heavy atom. The molecule has 2 rings (SSSR count). The highest BCUT2D eigenvalue weighted by Crippen LogP contribution is 2.34. The van der Waals surface area contributed by atoms with Crippen molar-refractivity contribution in [3.05, 3.63) is 29.3 Å². The zero-order valence-electron chi connectivity index (χ0n) is 11.8. The molecule has 0 bridgehead atoms. The molecule has 0 saturated heterocycles. The molecule has 1 fully saturated rings. The largest absolute Gasteiger partial charge is 0.478 e. The maximum atomic E-state index is 11.8. The SMILES string of the molecule is CCCC1CC1NC(=O)Nc1ccc(C(=O)O)cc1C. The van der Waals surface area contributed by atoms with Crippen LogP contribution in [0.4, 0.5) is 10.5 Å². The van der Waals surface area contributed by atoms with Gasteiger partial charge in [-0.3, -0.25) is 0 Å². The van der Waals surface area contributed by atoms with Gasteiger partial charge in [0.1, 0.15) is 0 Å². The van der Waals surface area contributed by atoms with Gasteiger partial charge < -0.3 is 15.7 Å². The molecule has 1 aliphatic rings. The van der Waals surface area contributed by atoms with Crippen molar-refractivity contribution in [2.75, 3.05) is 5.32 Å². The van der Waals surface area contributed by atoms with Crippen LogP contribution in [0.5, 0.6) is 0 Å². The van der Waals surface area contributed by atoms with Gasteiger partial charge in [-0.1, -0.05) is 13.3 Å². The first-order chi connectivity index (χ1) is 9.51. The molecule has 20 heavy (non-hydrogen) atoms. The Balaban J connectivity index is 1.90. The van der Waals surface area contributed by atoms with E-state index in [1.54, 1.807) is 19.1 Å². The molecule has 1 aromatic rings. The molecule has 0 aliphatic heterocycles.